The molecule has 0 spiro atoms. The number of hydrogen-bond donors (Lipinski definition) is 1. The van der Waals surface area contributed by atoms with Crippen LogP contribution in [0.15, 0.2) is 18.2 Å². The third-order valence-corrected chi connectivity index (χ3v) is 2.21. The van der Waals surface area contributed by atoms with Crippen molar-refractivity contribution in [3.63, 3.8) is 0 Å². The molecule has 0 radical (unpaired) electrons. The van der Waals surface area contributed by atoms with Crippen molar-refractivity contribution in [1.29, 1.82) is 0 Å². The molecule has 0 unspecified atom stereocenters. The van der Waals surface area contributed by atoms with E-state index in [-0.39, 0.29) is 0 Å². The fourth-order valence-corrected chi connectivity index (χ4v) is 1.46. The maximum Gasteiger partial charge on any atom is 0.121 e. The molecule has 1 aromatic rings. The Kier molecular flexibility index (Phi) is 6.43. The van der Waals surface area contributed by atoms with Gasteiger partial charge in [0.25, 0.3) is 0 Å². The van der Waals surface area contributed by atoms with Crippen LogP contribution in [0, 0.1) is 6.92 Å². The number of benzene rings is 1. The predicted octanol–water partition coefficient (Wildman–Crippen LogP) is 2.01. The fraction of sp³-hybridized carbons (Fsp3) is 0.538. The van der Waals surface area contributed by atoms with Crippen molar-refractivity contribution in [1.82, 2.24) is 0 Å². The summed E-state index contributed by atoms with van der Waals surface area (Å²) in [7, 11) is 1.66. The van der Waals surface area contributed by atoms with Crippen molar-refractivity contribution in [3.05, 3.63) is 23.8 Å². The van der Waals surface area contributed by atoms with Crippen LogP contribution < -0.4 is 10.5 Å². The second kappa shape index (κ2) is 7.92. The molecular weight excluding hydrogens is 218 g/mol. The van der Waals surface area contributed by atoms with Gasteiger partial charge in [-0.3, -0.25) is 0 Å². The first-order valence-electron chi connectivity index (χ1n) is 5.79. The van der Waals surface area contributed by atoms with E-state index in [0.717, 1.165) is 23.4 Å². The van der Waals surface area contributed by atoms with Crippen LogP contribution in [0.1, 0.15) is 12.0 Å². The van der Waals surface area contributed by atoms with Crippen molar-refractivity contribution in [2.24, 2.45) is 0 Å². The van der Waals surface area contributed by atoms with Crippen molar-refractivity contribution < 1.29 is 14.2 Å². The van der Waals surface area contributed by atoms with E-state index in [2.05, 4.69) is 0 Å². The largest absolute Gasteiger partial charge is 0.493 e. The molecule has 0 amide bonds. The minimum atomic E-state index is 0.633. The highest BCUT2D eigenvalue weighted by atomic mass is 16.5. The van der Waals surface area contributed by atoms with Gasteiger partial charge >= 0.3 is 0 Å². The zero-order valence-corrected chi connectivity index (χ0v) is 10.6. The molecule has 0 aliphatic heterocycles. The first-order valence-corrected chi connectivity index (χ1v) is 5.79. The average Bonchev–Trinajstić information content (AvgIpc) is 2.26. The molecule has 4 heteroatoms. The summed E-state index contributed by atoms with van der Waals surface area (Å²) in [4.78, 5) is 0. The Hall–Kier alpha value is -1.26. The summed E-state index contributed by atoms with van der Waals surface area (Å²) in [6, 6.07) is 5.72. The highest BCUT2D eigenvalue weighted by Gasteiger charge is 1.97. The summed E-state index contributed by atoms with van der Waals surface area (Å²) < 4.78 is 15.8. The third kappa shape index (κ3) is 6.14. The maximum atomic E-state index is 5.73. The molecule has 4 nitrogen and oxygen atoms in total. The van der Waals surface area contributed by atoms with Crippen LogP contribution in [-0.4, -0.2) is 33.5 Å². The van der Waals surface area contributed by atoms with E-state index in [0.29, 0.717) is 26.4 Å². The Balaban J connectivity index is 2.13. The van der Waals surface area contributed by atoms with E-state index >= 15 is 0 Å². The minimum absolute atomic E-state index is 0.633. The average molecular weight is 239 g/mol. The van der Waals surface area contributed by atoms with Crippen LogP contribution >= 0.6 is 0 Å². The van der Waals surface area contributed by atoms with Crippen LogP contribution in [0.5, 0.6) is 5.75 Å². The van der Waals surface area contributed by atoms with Crippen LogP contribution in [0.4, 0.5) is 5.69 Å². The zero-order valence-electron chi connectivity index (χ0n) is 10.6. The SMILES string of the molecule is COCCOCCCOc1cc(C)cc(N)c1. The Morgan fingerprint density at radius 1 is 1.06 bits per heavy atom. The number of rotatable bonds is 8. The zero-order chi connectivity index (χ0) is 12.5. The van der Waals surface area contributed by atoms with Gasteiger partial charge in [-0.1, -0.05) is 0 Å². The Labute approximate surface area is 103 Å². The molecule has 0 heterocycles. The van der Waals surface area contributed by atoms with Gasteiger partial charge in [-0.25, -0.2) is 0 Å². The molecule has 0 aliphatic carbocycles. The molecule has 1 aromatic carbocycles. The van der Waals surface area contributed by atoms with E-state index in [4.69, 9.17) is 19.9 Å². The highest BCUT2D eigenvalue weighted by molar-refractivity contribution is 5.47. The number of ether oxygens (including phenoxy) is 3. The van der Waals surface area contributed by atoms with Gasteiger partial charge in [0.15, 0.2) is 0 Å². The first kappa shape index (κ1) is 13.8. The van der Waals surface area contributed by atoms with E-state index < -0.39 is 0 Å². The lowest BCUT2D eigenvalue weighted by atomic mass is 10.2. The summed E-state index contributed by atoms with van der Waals surface area (Å²) >= 11 is 0. The molecule has 2 N–H and O–H groups in total. The Morgan fingerprint density at radius 3 is 2.59 bits per heavy atom. The summed E-state index contributed by atoms with van der Waals surface area (Å²) in [5.74, 6) is 0.819. The number of aryl methyl sites for hydroxylation is 1. The second-order valence-corrected chi connectivity index (χ2v) is 3.89. The molecular formula is C13H21NO3. The molecule has 96 valence electrons. The van der Waals surface area contributed by atoms with Crippen molar-refractivity contribution >= 4 is 5.69 Å². The van der Waals surface area contributed by atoms with E-state index in [1.54, 1.807) is 7.11 Å². The van der Waals surface area contributed by atoms with Crippen LogP contribution in [-0.2, 0) is 9.47 Å². The monoisotopic (exact) mass is 239 g/mol. The summed E-state index contributed by atoms with van der Waals surface area (Å²) in [6.07, 6.45) is 0.859. The van der Waals surface area contributed by atoms with Gasteiger partial charge in [0.1, 0.15) is 5.75 Å². The Bertz CT molecular complexity index is 308. The molecule has 17 heavy (non-hydrogen) atoms. The highest BCUT2D eigenvalue weighted by Crippen LogP contribution is 2.18. The van der Waals surface area contributed by atoms with Gasteiger partial charge in [0, 0.05) is 31.9 Å². The molecule has 0 bridgehead atoms. The second-order valence-electron chi connectivity index (χ2n) is 3.89. The number of anilines is 1. The molecule has 0 aliphatic rings. The molecule has 0 aromatic heterocycles. The van der Waals surface area contributed by atoms with Gasteiger partial charge in [0.2, 0.25) is 0 Å². The van der Waals surface area contributed by atoms with Crippen LogP contribution in [0.2, 0.25) is 0 Å². The number of nitrogen functional groups attached to an aromatic ring is 1. The van der Waals surface area contributed by atoms with Crippen molar-refractivity contribution in [2.75, 3.05) is 39.3 Å². The maximum absolute atomic E-state index is 5.73. The van der Waals surface area contributed by atoms with E-state index in [1.165, 1.54) is 0 Å². The fourth-order valence-electron chi connectivity index (χ4n) is 1.46. The number of nitrogens with two attached hydrogens (primary N) is 1. The Morgan fingerprint density at radius 2 is 1.88 bits per heavy atom. The van der Waals surface area contributed by atoms with Gasteiger partial charge in [-0.2, -0.15) is 0 Å². The normalized spacial score (nSPS) is 10.5. The molecule has 0 atom stereocenters. The van der Waals surface area contributed by atoms with Crippen molar-refractivity contribution in [3.8, 4) is 5.75 Å². The molecule has 0 saturated carbocycles. The van der Waals surface area contributed by atoms with E-state index in [1.807, 2.05) is 25.1 Å². The predicted molar refractivity (Wildman–Crippen MR) is 68.4 cm³/mol. The van der Waals surface area contributed by atoms with Crippen LogP contribution in [0.3, 0.4) is 0 Å². The van der Waals surface area contributed by atoms with E-state index in [9.17, 15) is 0 Å². The quantitative estimate of drug-likeness (QED) is 0.557. The standard InChI is InChI=1S/C13H21NO3/c1-11-8-12(14)10-13(9-11)17-5-3-4-16-7-6-15-2/h8-10H,3-7,14H2,1-2H3. The summed E-state index contributed by atoms with van der Waals surface area (Å²) in [5.41, 5.74) is 7.57. The van der Waals surface area contributed by atoms with Gasteiger partial charge in [0.05, 0.1) is 19.8 Å². The topological polar surface area (TPSA) is 53.7 Å². The lowest BCUT2D eigenvalue weighted by Crippen LogP contribution is -2.07. The molecule has 1 rings (SSSR count). The van der Waals surface area contributed by atoms with Gasteiger partial charge in [-0.05, 0) is 24.6 Å². The smallest absolute Gasteiger partial charge is 0.121 e. The van der Waals surface area contributed by atoms with Gasteiger partial charge < -0.3 is 19.9 Å². The summed E-state index contributed by atoms with van der Waals surface area (Å²) in [6.45, 7) is 4.58. The molecule has 0 saturated heterocycles. The summed E-state index contributed by atoms with van der Waals surface area (Å²) in [5, 5.41) is 0. The first-order chi connectivity index (χ1) is 8.22. The van der Waals surface area contributed by atoms with Crippen LogP contribution in [0.25, 0.3) is 0 Å². The minimum Gasteiger partial charge on any atom is -0.493 e. The number of hydrogen-bond acceptors (Lipinski definition) is 4. The molecule has 0 fully saturated rings. The third-order valence-electron chi connectivity index (χ3n) is 2.21. The van der Waals surface area contributed by atoms with Gasteiger partial charge in [-0.15, -0.1) is 0 Å². The van der Waals surface area contributed by atoms with Crippen molar-refractivity contribution in [2.45, 2.75) is 13.3 Å². The lowest BCUT2D eigenvalue weighted by Gasteiger charge is -2.08. The number of methoxy groups -OCH3 is 1. The lowest BCUT2D eigenvalue weighted by molar-refractivity contribution is 0.0644.